The van der Waals surface area contributed by atoms with Gasteiger partial charge in [-0.05, 0) is 42.3 Å². The van der Waals surface area contributed by atoms with Crippen molar-refractivity contribution in [3.63, 3.8) is 0 Å². The molecule has 2 aromatic rings. The van der Waals surface area contributed by atoms with Crippen LogP contribution in [-0.4, -0.2) is 13.7 Å². The van der Waals surface area contributed by atoms with E-state index in [0.717, 1.165) is 17.4 Å². The fourth-order valence-electron chi connectivity index (χ4n) is 2.24. The standard InChI is InChI=1S/C16H17F2NO/c1-20-14-4-2-3-11(8-14)7-12(10-19)15-6-5-13(17)9-16(15)18/h2-6,8-9,12H,7,10,19H2,1H3. The predicted molar refractivity (Wildman–Crippen MR) is 74.9 cm³/mol. The van der Waals surface area contributed by atoms with Crippen LogP contribution in [0.15, 0.2) is 42.5 Å². The second-order valence-corrected chi connectivity index (χ2v) is 4.65. The van der Waals surface area contributed by atoms with Crippen LogP contribution in [0, 0.1) is 11.6 Å². The molecular weight excluding hydrogens is 260 g/mol. The van der Waals surface area contributed by atoms with Gasteiger partial charge in [0.05, 0.1) is 7.11 Å². The van der Waals surface area contributed by atoms with Crippen molar-refractivity contribution >= 4 is 0 Å². The minimum Gasteiger partial charge on any atom is -0.497 e. The maximum absolute atomic E-state index is 13.8. The van der Waals surface area contributed by atoms with Crippen LogP contribution in [0.1, 0.15) is 17.0 Å². The Hall–Kier alpha value is -1.94. The van der Waals surface area contributed by atoms with Crippen molar-refractivity contribution in [2.75, 3.05) is 13.7 Å². The van der Waals surface area contributed by atoms with Gasteiger partial charge in [0.2, 0.25) is 0 Å². The summed E-state index contributed by atoms with van der Waals surface area (Å²) in [6, 6.07) is 11.2. The molecule has 1 atom stereocenters. The van der Waals surface area contributed by atoms with E-state index in [2.05, 4.69) is 0 Å². The van der Waals surface area contributed by atoms with Gasteiger partial charge < -0.3 is 10.5 Å². The normalized spacial score (nSPS) is 12.2. The molecule has 2 nitrogen and oxygen atoms in total. The van der Waals surface area contributed by atoms with Crippen LogP contribution in [0.25, 0.3) is 0 Å². The molecule has 0 aliphatic heterocycles. The summed E-state index contributed by atoms with van der Waals surface area (Å²) >= 11 is 0. The second kappa shape index (κ2) is 6.48. The lowest BCUT2D eigenvalue weighted by Crippen LogP contribution is -2.16. The highest BCUT2D eigenvalue weighted by molar-refractivity contribution is 5.31. The summed E-state index contributed by atoms with van der Waals surface area (Å²) in [5.74, 6) is -0.577. The van der Waals surface area contributed by atoms with E-state index in [4.69, 9.17) is 10.5 Å². The van der Waals surface area contributed by atoms with E-state index in [1.165, 1.54) is 12.1 Å². The lowest BCUT2D eigenvalue weighted by Gasteiger charge is -2.16. The number of benzene rings is 2. The van der Waals surface area contributed by atoms with Gasteiger partial charge in [-0.15, -0.1) is 0 Å². The minimum atomic E-state index is -0.580. The number of methoxy groups -OCH3 is 1. The summed E-state index contributed by atoms with van der Waals surface area (Å²) in [7, 11) is 1.60. The lowest BCUT2D eigenvalue weighted by atomic mass is 9.91. The van der Waals surface area contributed by atoms with Crippen LogP contribution in [0.4, 0.5) is 8.78 Å². The van der Waals surface area contributed by atoms with E-state index >= 15 is 0 Å². The van der Waals surface area contributed by atoms with Crippen molar-refractivity contribution < 1.29 is 13.5 Å². The van der Waals surface area contributed by atoms with Crippen LogP contribution in [0.2, 0.25) is 0 Å². The SMILES string of the molecule is COc1cccc(CC(CN)c2ccc(F)cc2F)c1. The first-order valence-corrected chi connectivity index (χ1v) is 6.42. The van der Waals surface area contributed by atoms with Crippen LogP contribution in [0.5, 0.6) is 5.75 Å². The van der Waals surface area contributed by atoms with Gasteiger partial charge in [-0.3, -0.25) is 0 Å². The molecule has 2 N–H and O–H groups in total. The highest BCUT2D eigenvalue weighted by Gasteiger charge is 2.16. The highest BCUT2D eigenvalue weighted by Crippen LogP contribution is 2.25. The molecule has 4 heteroatoms. The first-order valence-electron chi connectivity index (χ1n) is 6.42. The van der Waals surface area contributed by atoms with Gasteiger partial charge in [0.1, 0.15) is 17.4 Å². The number of halogens is 2. The Morgan fingerprint density at radius 2 is 1.95 bits per heavy atom. The van der Waals surface area contributed by atoms with E-state index < -0.39 is 11.6 Å². The minimum absolute atomic E-state index is 0.192. The van der Waals surface area contributed by atoms with E-state index in [1.807, 2.05) is 24.3 Å². The third-order valence-electron chi connectivity index (χ3n) is 3.30. The first kappa shape index (κ1) is 14.5. The number of rotatable bonds is 5. The van der Waals surface area contributed by atoms with Gasteiger partial charge in [0, 0.05) is 12.0 Å². The fourth-order valence-corrected chi connectivity index (χ4v) is 2.24. The van der Waals surface area contributed by atoms with Crippen LogP contribution in [0.3, 0.4) is 0 Å². The number of hydrogen-bond donors (Lipinski definition) is 1. The predicted octanol–water partition coefficient (Wildman–Crippen LogP) is 3.26. The number of hydrogen-bond acceptors (Lipinski definition) is 2. The topological polar surface area (TPSA) is 35.2 Å². The zero-order valence-corrected chi connectivity index (χ0v) is 11.3. The lowest BCUT2D eigenvalue weighted by molar-refractivity contribution is 0.414. The van der Waals surface area contributed by atoms with Crippen LogP contribution >= 0.6 is 0 Å². The van der Waals surface area contributed by atoms with Gasteiger partial charge >= 0.3 is 0 Å². The van der Waals surface area contributed by atoms with E-state index in [9.17, 15) is 8.78 Å². The fraction of sp³-hybridized carbons (Fsp3) is 0.250. The second-order valence-electron chi connectivity index (χ2n) is 4.65. The van der Waals surface area contributed by atoms with Crippen LogP contribution in [-0.2, 0) is 6.42 Å². The maximum atomic E-state index is 13.8. The molecular formula is C16H17F2NO. The maximum Gasteiger partial charge on any atom is 0.129 e. The molecule has 0 saturated heterocycles. The van der Waals surface area contributed by atoms with E-state index in [-0.39, 0.29) is 5.92 Å². The van der Waals surface area contributed by atoms with Gasteiger partial charge in [-0.2, -0.15) is 0 Å². The van der Waals surface area contributed by atoms with Crippen LogP contribution < -0.4 is 10.5 Å². The Bertz CT molecular complexity index is 586. The summed E-state index contributed by atoms with van der Waals surface area (Å²) in [6.07, 6.45) is 0.580. The quantitative estimate of drug-likeness (QED) is 0.910. The monoisotopic (exact) mass is 277 g/mol. The third kappa shape index (κ3) is 3.33. The largest absolute Gasteiger partial charge is 0.497 e. The molecule has 0 aliphatic rings. The number of ether oxygens (including phenoxy) is 1. The average molecular weight is 277 g/mol. The summed E-state index contributed by atoms with van der Waals surface area (Å²) in [4.78, 5) is 0. The molecule has 0 saturated carbocycles. The molecule has 0 bridgehead atoms. The Balaban J connectivity index is 2.23. The van der Waals surface area contributed by atoms with Gasteiger partial charge in [-0.25, -0.2) is 8.78 Å². The van der Waals surface area contributed by atoms with Gasteiger partial charge in [0.15, 0.2) is 0 Å². The highest BCUT2D eigenvalue weighted by atomic mass is 19.1. The smallest absolute Gasteiger partial charge is 0.129 e. The van der Waals surface area contributed by atoms with E-state index in [0.29, 0.717) is 18.5 Å². The zero-order valence-electron chi connectivity index (χ0n) is 11.3. The van der Waals surface area contributed by atoms with Crippen molar-refractivity contribution in [1.29, 1.82) is 0 Å². The van der Waals surface area contributed by atoms with E-state index in [1.54, 1.807) is 7.11 Å². The first-order chi connectivity index (χ1) is 9.63. The summed E-state index contributed by atoms with van der Waals surface area (Å²) < 4.78 is 31.9. The van der Waals surface area contributed by atoms with Crippen molar-refractivity contribution in [1.82, 2.24) is 0 Å². The molecule has 0 spiro atoms. The Morgan fingerprint density at radius 3 is 2.60 bits per heavy atom. The van der Waals surface area contributed by atoms with Gasteiger partial charge in [-0.1, -0.05) is 18.2 Å². The molecule has 0 aromatic heterocycles. The molecule has 0 fully saturated rings. The molecule has 2 aromatic carbocycles. The molecule has 0 aliphatic carbocycles. The third-order valence-corrected chi connectivity index (χ3v) is 3.30. The van der Waals surface area contributed by atoms with Crippen molar-refractivity contribution in [3.05, 3.63) is 65.2 Å². The summed E-state index contributed by atoms with van der Waals surface area (Å²) in [5.41, 5.74) is 7.18. The summed E-state index contributed by atoms with van der Waals surface area (Å²) in [5, 5.41) is 0. The Kier molecular flexibility index (Phi) is 4.69. The molecule has 0 radical (unpaired) electrons. The van der Waals surface area contributed by atoms with Crippen molar-refractivity contribution in [3.8, 4) is 5.75 Å². The van der Waals surface area contributed by atoms with Gasteiger partial charge in [0.25, 0.3) is 0 Å². The zero-order chi connectivity index (χ0) is 14.5. The Labute approximate surface area is 117 Å². The molecule has 1 unspecified atom stereocenters. The molecule has 0 heterocycles. The average Bonchev–Trinajstić information content (AvgIpc) is 2.45. The number of nitrogens with two attached hydrogens (primary N) is 1. The van der Waals surface area contributed by atoms with Crippen molar-refractivity contribution in [2.45, 2.75) is 12.3 Å². The molecule has 2 rings (SSSR count). The molecule has 0 amide bonds. The Morgan fingerprint density at radius 1 is 1.15 bits per heavy atom. The molecule has 20 heavy (non-hydrogen) atoms. The molecule has 106 valence electrons. The summed E-state index contributed by atoms with van der Waals surface area (Å²) in [6.45, 7) is 0.291. The van der Waals surface area contributed by atoms with Crippen molar-refractivity contribution in [2.24, 2.45) is 5.73 Å².